The van der Waals surface area contributed by atoms with E-state index in [1.54, 1.807) is 0 Å². The molecule has 18 heavy (non-hydrogen) atoms. The van der Waals surface area contributed by atoms with E-state index in [2.05, 4.69) is 57.8 Å². The van der Waals surface area contributed by atoms with Gasteiger partial charge in [0.1, 0.15) is 10.3 Å². The second-order valence-corrected chi connectivity index (χ2v) is 5.55. The Kier molecular flexibility index (Phi) is 4.07. The summed E-state index contributed by atoms with van der Waals surface area (Å²) in [5, 5.41) is 4.59. The predicted molar refractivity (Wildman–Crippen MR) is 80.0 cm³/mol. The Labute approximate surface area is 117 Å². The molecule has 0 aliphatic heterocycles. The molecule has 0 radical (unpaired) electrons. The van der Waals surface area contributed by atoms with Crippen molar-refractivity contribution in [3.8, 4) is 0 Å². The fourth-order valence-corrected chi connectivity index (χ4v) is 2.79. The van der Waals surface area contributed by atoms with Gasteiger partial charge in [-0.25, -0.2) is 4.98 Å². The predicted octanol–water partition coefficient (Wildman–Crippen LogP) is 3.05. The highest BCUT2D eigenvalue weighted by Crippen LogP contribution is 2.27. The molecule has 0 saturated carbocycles. The van der Waals surface area contributed by atoms with Crippen LogP contribution in [0.5, 0.6) is 0 Å². The Morgan fingerprint density at radius 3 is 2.78 bits per heavy atom. The third kappa shape index (κ3) is 2.31. The summed E-state index contributed by atoms with van der Waals surface area (Å²) in [5.74, 6) is 0. The lowest BCUT2D eigenvalue weighted by Crippen LogP contribution is -2.24. The second-order valence-electron chi connectivity index (χ2n) is 4.74. The molecule has 0 spiro atoms. The lowest BCUT2D eigenvalue weighted by molar-refractivity contribution is 0.605. The molecule has 3 nitrogen and oxygen atoms in total. The summed E-state index contributed by atoms with van der Waals surface area (Å²) >= 11 is 3.45. The van der Waals surface area contributed by atoms with Crippen molar-refractivity contribution < 1.29 is 0 Å². The first-order valence-corrected chi connectivity index (χ1v) is 7.17. The van der Waals surface area contributed by atoms with Crippen LogP contribution in [0.25, 0.3) is 11.0 Å². The van der Waals surface area contributed by atoms with E-state index in [-0.39, 0.29) is 0 Å². The lowest BCUT2D eigenvalue weighted by Gasteiger charge is -2.11. The van der Waals surface area contributed by atoms with Gasteiger partial charge in [0.15, 0.2) is 0 Å². The van der Waals surface area contributed by atoms with Crippen molar-refractivity contribution in [1.82, 2.24) is 14.9 Å². The maximum atomic E-state index is 4.60. The lowest BCUT2D eigenvalue weighted by atomic mass is 10.0. The number of nitrogens with zero attached hydrogens (tertiary/aromatic N) is 2. The van der Waals surface area contributed by atoms with Gasteiger partial charge in [0.05, 0.1) is 0 Å². The third-order valence-corrected chi connectivity index (χ3v) is 4.02. The molecule has 2 aromatic rings. The van der Waals surface area contributed by atoms with E-state index in [0.717, 1.165) is 23.1 Å². The fourth-order valence-electron chi connectivity index (χ4n) is 2.49. The van der Waals surface area contributed by atoms with Crippen LogP contribution in [0, 0.1) is 0 Å². The van der Waals surface area contributed by atoms with Crippen molar-refractivity contribution in [2.24, 2.45) is 7.05 Å². The highest BCUT2D eigenvalue weighted by molar-refractivity contribution is 9.10. The molecule has 2 aromatic heterocycles. The Bertz CT molecular complexity index is 560. The van der Waals surface area contributed by atoms with Crippen LogP contribution in [0.15, 0.2) is 16.7 Å². The smallest absolute Gasteiger partial charge is 0.141 e. The average Bonchev–Trinajstić information content (AvgIpc) is 2.62. The van der Waals surface area contributed by atoms with Gasteiger partial charge in [-0.3, -0.25) is 0 Å². The van der Waals surface area contributed by atoms with Gasteiger partial charge in [0.25, 0.3) is 0 Å². The minimum absolute atomic E-state index is 0.476. The number of aromatic nitrogens is 2. The van der Waals surface area contributed by atoms with Crippen molar-refractivity contribution >= 4 is 27.0 Å². The van der Waals surface area contributed by atoms with E-state index >= 15 is 0 Å². The fraction of sp³-hybridized carbons (Fsp3) is 0.500. The van der Waals surface area contributed by atoms with Crippen LogP contribution < -0.4 is 5.32 Å². The van der Waals surface area contributed by atoms with Crippen LogP contribution >= 0.6 is 15.9 Å². The summed E-state index contributed by atoms with van der Waals surface area (Å²) in [7, 11) is 4.12. The van der Waals surface area contributed by atoms with Gasteiger partial charge in [0, 0.05) is 24.2 Å². The first kappa shape index (κ1) is 13.6. The minimum Gasteiger partial charge on any atom is -0.332 e. The molecular weight excluding hydrogens is 290 g/mol. The van der Waals surface area contributed by atoms with E-state index in [1.807, 2.05) is 13.1 Å². The molecule has 0 aromatic carbocycles. The molecule has 4 heteroatoms. The van der Waals surface area contributed by atoms with Gasteiger partial charge in [-0.05, 0) is 60.4 Å². The number of hydrogen-bond donors (Lipinski definition) is 1. The van der Waals surface area contributed by atoms with Crippen LogP contribution in [0.3, 0.4) is 0 Å². The molecule has 1 N–H and O–H groups in total. The van der Waals surface area contributed by atoms with Crippen molar-refractivity contribution in [3.63, 3.8) is 0 Å². The Balaban J connectivity index is 2.62. The first-order chi connectivity index (χ1) is 8.58. The summed E-state index contributed by atoms with van der Waals surface area (Å²) in [4.78, 5) is 4.60. The maximum absolute atomic E-state index is 4.60. The van der Waals surface area contributed by atoms with Crippen LogP contribution in [-0.4, -0.2) is 22.6 Å². The van der Waals surface area contributed by atoms with Gasteiger partial charge in [-0.2, -0.15) is 0 Å². The highest BCUT2D eigenvalue weighted by Gasteiger charge is 2.16. The normalized spacial score (nSPS) is 13.2. The van der Waals surface area contributed by atoms with Crippen LogP contribution in [0.1, 0.15) is 25.1 Å². The highest BCUT2D eigenvalue weighted by atomic mass is 79.9. The number of hydrogen-bond acceptors (Lipinski definition) is 2. The summed E-state index contributed by atoms with van der Waals surface area (Å²) < 4.78 is 3.11. The number of nitrogens with one attached hydrogen (secondary N) is 1. The van der Waals surface area contributed by atoms with E-state index in [1.165, 1.54) is 16.6 Å². The number of fused-ring (bicyclic) bond motifs is 1. The summed E-state index contributed by atoms with van der Waals surface area (Å²) in [6.45, 7) is 4.42. The molecule has 98 valence electrons. The Hall–Kier alpha value is -0.870. The van der Waals surface area contributed by atoms with Gasteiger partial charge in [-0.1, -0.05) is 6.92 Å². The number of rotatable bonds is 4. The van der Waals surface area contributed by atoms with Crippen molar-refractivity contribution in [1.29, 1.82) is 0 Å². The van der Waals surface area contributed by atoms with Crippen molar-refractivity contribution in [2.75, 3.05) is 7.05 Å². The molecule has 0 fully saturated rings. The zero-order valence-electron chi connectivity index (χ0n) is 11.4. The number of aryl methyl sites for hydroxylation is 1. The molecule has 2 heterocycles. The summed E-state index contributed by atoms with van der Waals surface area (Å²) in [5.41, 5.74) is 3.88. The summed E-state index contributed by atoms with van der Waals surface area (Å²) in [6, 6.07) is 4.67. The van der Waals surface area contributed by atoms with Crippen LogP contribution in [-0.2, 0) is 19.9 Å². The van der Waals surface area contributed by atoms with Gasteiger partial charge in [0.2, 0.25) is 0 Å². The molecular formula is C14H20BrN3. The molecule has 0 aliphatic carbocycles. The molecule has 0 saturated heterocycles. The topological polar surface area (TPSA) is 29.9 Å². The SMILES string of the molecule is CCc1c(CC(C)NC)c2ccc(Br)nc2n1C. The number of likely N-dealkylation sites (N-methyl/N-ethyl adjacent to an activating group) is 1. The number of pyridine rings is 1. The Morgan fingerprint density at radius 1 is 1.44 bits per heavy atom. The van der Waals surface area contributed by atoms with Crippen molar-refractivity contribution in [2.45, 2.75) is 32.7 Å². The molecule has 0 aliphatic rings. The zero-order valence-corrected chi connectivity index (χ0v) is 13.0. The first-order valence-electron chi connectivity index (χ1n) is 6.38. The molecule has 0 amide bonds. The third-order valence-electron chi connectivity index (χ3n) is 3.58. The van der Waals surface area contributed by atoms with Gasteiger partial charge < -0.3 is 9.88 Å². The zero-order chi connectivity index (χ0) is 13.3. The van der Waals surface area contributed by atoms with E-state index in [0.29, 0.717) is 6.04 Å². The van der Waals surface area contributed by atoms with Crippen LogP contribution in [0.4, 0.5) is 0 Å². The van der Waals surface area contributed by atoms with E-state index in [4.69, 9.17) is 0 Å². The molecule has 1 unspecified atom stereocenters. The van der Waals surface area contributed by atoms with Gasteiger partial charge in [-0.15, -0.1) is 0 Å². The maximum Gasteiger partial charge on any atom is 0.141 e. The number of halogens is 1. The van der Waals surface area contributed by atoms with Crippen LogP contribution in [0.2, 0.25) is 0 Å². The molecule has 2 rings (SSSR count). The molecule has 1 atom stereocenters. The standard InChI is InChI=1S/C14H20BrN3/c1-5-12-11(8-9(2)16-3)10-6-7-13(15)17-14(10)18(12)4/h6-7,9,16H,5,8H2,1-4H3. The van der Waals surface area contributed by atoms with E-state index in [9.17, 15) is 0 Å². The minimum atomic E-state index is 0.476. The largest absolute Gasteiger partial charge is 0.332 e. The Morgan fingerprint density at radius 2 is 2.17 bits per heavy atom. The van der Waals surface area contributed by atoms with Crippen molar-refractivity contribution in [3.05, 3.63) is 28.0 Å². The summed E-state index contributed by atoms with van der Waals surface area (Å²) in [6.07, 6.45) is 2.08. The monoisotopic (exact) mass is 309 g/mol. The van der Waals surface area contributed by atoms with E-state index < -0.39 is 0 Å². The molecule has 0 bridgehead atoms. The quantitative estimate of drug-likeness (QED) is 0.880. The second kappa shape index (κ2) is 5.41. The van der Waals surface area contributed by atoms with Gasteiger partial charge >= 0.3 is 0 Å². The average molecular weight is 310 g/mol.